The van der Waals surface area contributed by atoms with Crippen LogP contribution in [-0.2, 0) is 13.1 Å². The maximum Gasteiger partial charge on any atom is 0.141 e. The molecule has 9 nitrogen and oxygen atoms in total. The fraction of sp³-hybridized carbons (Fsp3) is 0.333. The number of fused-ring (bicyclic) bond motifs is 2. The van der Waals surface area contributed by atoms with Crippen LogP contribution in [0.1, 0.15) is 73.6 Å². The van der Waals surface area contributed by atoms with E-state index in [1.54, 1.807) is 6.07 Å². The number of rotatable bonds is 7. The van der Waals surface area contributed by atoms with E-state index in [-0.39, 0.29) is 22.6 Å². The molecule has 3 N–H and O–H groups in total. The Morgan fingerprint density at radius 1 is 1.04 bits per heavy atom. The average Bonchev–Trinajstić information content (AvgIpc) is 3.76. The molecular weight excluding hydrogens is 648 g/mol. The lowest BCUT2D eigenvalue weighted by molar-refractivity contribution is 0.0866. The number of anilines is 3. The zero-order valence-electron chi connectivity index (χ0n) is 27.0. The molecule has 5 aromatic rings. The van der Waals surface area contributed by atoms with E-state index >= 15 is 0 Å². The third-order valence-electron chi connectivity index (χ3n) is 9.39. The molecule has 48 heavy (non-hydrogen) atoms. The van der Waals surface area contributed by atoms with Crippen molar-refractivity contribution in [1.29, 1.82) is 5.26 Å². The fourth-order valence-corrected chi connectivity index (χ4v) is 7.24. The molecule has 1 saturated heterocycles. The van der Waals surface area contributed by atoms with Gasteiger partial charge in [-0.1, -0.05) is 46.6 Å². The van der Waals surface area contributed by atoms with E-state index in [4.69, 9.17) is 28.3 Å². The van der Waals surface area contributed by atoms with Crippen LogP contribution < -0.4 is 16.0 Å². The van der Waals surface area contributed by atoms with Crippen LogP contribution in [0.3, 0.4) is 0 Å². The van der Waals surface area contributed by atoms with Gasteiger partial charge in [-0.25, -0.2) is 9.07 Å². The molecule has 2 aliphatic heterocycles. The molecule has 4 heterocycles. The molecule has 0 radical (unpaired) electrons. The minimum atomic E-state index is -0.530. The Balaban J connectivity index is 1.27. The van der Waals surface area contributed by atoms with Gasteiger partial charge in [-0.2, -0.15) is 5.26 Å². The summed E-state index contributed by atoms with van der Waals surface area (Å²) in [7, 11) is 0. The Labute approximate surface area is 289 Å². The second kappa shape index (κ2) is 13.0. The number of nitriles is 1. The molecule has 0 amide bonds. The summed E-state index contributed by atoms with van der Waals surface area (Å²) in [5, 5.41) is 30.8. The van der Waals surface area contributed by atoms with E-state index in [9.17, 15) is 9.65 Å². The number of likely N-dealkylation sites (tertiary alicyclic amines) is 1. The van der Waals surface area contributed by atoms with Crippen molar-refractivity contribution in [2.24, 2.45) is 0 Å². The van der Waals surface area contributed by atoms with Gasteiger partial charge in [0.05, 0.1) is 45.1 Å². The third-order valence-corrected chi connectivity index (χ3v) is 9.97. The van der Waals surface area contributed by atoms with E-state index in [1.165, 1.54) is 29.5 Å². The molecular formula is C36H36Cl2FN9. The van der Waals surface area contributed by atoms with Gasteiger partial charge in [0, 0.05) is 54.7 Å². The summed E-state index contributed by atoms with van der Waals surface area (Å²) in [5.41, 5.74) is 7.08. The second-order valence-corrected chi connectivity index (χ2v) is 14.3. The first kappa shape index (κ1) is 32.3. The number of hydrogen-bond donors (Lipinski definition) is 3. The lowest BCUT2D eigenvalue weighted by Crippen LogP contribution is -2.46. The predicted molar refractivity (Wildman–Crippen MR) is 188 cm³/mol. The Bertz CT molecular complexity index is 2040. The highest BCUT2D eigenvalue weighted by molar-refractivity contribution is 6.36. The first-order valence-electron chi connectivity index (χ1n) is 16.1. The normalized spacial score (nSPS) is 16.1. The quantitative estimate of drug-likeness (QED) is 0.158. The summed E-state index contributed by atoms with van der Waals surface area (Å²) in [6.07, 6.45) is 5.56. The van der Waals surface area contributed by atoms with Crippen molar-refractivity contribution >= 4 is 51.2 Å². The first-order chi connectivity index (χ1) is 23.1. The molecule has 2 aromatic heterocycles. The molecule has 1 atom stereocenters. The highest BCUT2D eigenvalue weighted by atomic mass is 35.5. The number of halogens is 3. The largest absolute Gasteiger partial charge is 0.373 e. The van der Waals surface area contributed by atoms with Crippen molar-refractivity contribution in [2.75, 3.05) is 23.7 Å². The lowest BCUT2D eigenvalue weighted by Gasteiger charge is -2.40. The summed E-state index contributed by atoms with van der Waals surface area (Å²) in [5.74, 6) is -0.530. The van der Waals surface area contributed by atoms with Crippen LogP contribution in [0, 0.1) is 17.1 Å². The molecule has 246 valence electrons. The Kier molecular flexibility index (Phi) is 8.73. The summed E-state index contributed by atoms with van der Waals surface area (Å²) in [6, 6.07) is 16.6. The maximum atomic E-state index is 13.9. The van der Waals surface area contributed by atoms with Crippen LogP contribution in [0.25, 0.3) is 10.9 Å². The van der Waals surface area contributed by atoms with Gasteiger partial charge in [-0.05, 0) is 80.6 Å². The van der Waals surface area contributed by atoms with Gasteiger partial charge in [-0.3, -0.25) is 9.88 Å². The molecule has 0 unspecified atom stereocenters. The van der Waals surface area contributed by atoms with Crippen molar-refractivity contribution in [1.82, 2.24) is 30.2 Å². The molecule has 12 heteroatoms. The van der Waals surface area contributed by atoms with Crippen molar-refractivity contribution in [3.63, 3.8) is 0 Å². The minimum Gasteiger partial charge on any atom is -0.373 e. The topological polar surface area (TPSA) is 107 Å². The SMILES string of the molecule is CC(C)(C)N1CCC(n2cc([C@@H](Nc3cc(Cl)c4ncc(C#N)c(Nc5ccc(F)c(Cl)c5)c4c3)c3cccc4c3CNC4)nn2)CC1. The molecule has 1 fully saturated rings. The van der Waals surface area contributed by atoms with Gasteiger partial charge in [-0.15, -0.1) is 5.10 Å². The van der Waals surface area contributed by atoms with Crippen LogP contribution in [-0.4, -0.2) is 43.5 Å². The molecule has 3 aromatic carbocycles. The van der Waals surface area contributed by atoms with E-state index in [0.29, 0.717) is 38.6 Å². The van der Waals surface area contributed by atoms with Crippen molar-refractivity contribution in [3.8, 4) is 6.07 Å². The Morgan fingerprint density at radius 3 is 2.58 bits per heavy atom. The highest BCUT2D eigenvalue weighted by Gasteiger charge is 2.30. The lowest BCUT2D eigenvalue weighted by atomic mass is 9.95. The summed E-state index contributed by atoms with van der Waals surface area (Å²) in [6.45, 7) is 10.4. The Morgan fingerprint density at radius 2 is 1.83 bits per heavy atom. The zero-order valence-corrected chi connectivity index (χ0v) is 28.5. The van der Waals surface area contributed by atoms with Gasteiger partial charge in [0.25, 0.3) is 0 Å². The molecule has 0 spiro atoms. The molecule has 0 saturated carbocycles. The number of aromatic nitrogens is 4. The summed E-state index contributed by atoms with van der Waals surface area (Å²) >= 11 is 12.9. The van der Waals surface area contributed by atoms with Gasteiger partial charge in [0.15, 0.2) is 0 Å². The van der Waals surface area contributed by atoms with Gasteiger partial charge < -0.3 is 16.0 Å². The number of piperidine rings is 1. The van der Waals surface area contributed by atoms with E-state index in [0.717, 1.165) is 50.3 Å². The number of nitrogens with zero attached hydrogens (tertiary/aromatic N) is 6. The average molecular weight is 685 g/mol. The number of benzene rings is 3. The van der Waals surface area contributed by atoms with E-state index in [1.807, 2.05) is 16.8 Å². The number of nitrogens with one attached hydrogen (secondary N) is 3. The van der Waals surface area contributed by atoms with Crippen molar-refractivity contribution in [3.05, 3.63) is 105 Å². The second-order valence-electron chi connectivity index (χ2n) is 13.4. The van der Waals surface area contributed by atoms with E-state index in [2.05, 4.69) is 82.3 Å². The predicted octanol–water partition coefficient (Wildman–Crippen LogP) is 8.13. The summed E-state index contributed by atoms with van der Waals surface area (Å²) < 4.78 is 16.0. The maximum absolute atomic E-state index is 13.9. The third kappa shape index (κ3) is 6.31. The van der Waals surface area contributed by atoms with Crippen LogP contribution in [0.5, 0.6) is 0 Å². The van der Waals surface area contributed by atoms with Gasteiger partial charge in [0.1, 0.15) is 17.6 Å². The zero-order chi connectivity index (χ0) is 33.6. The molecule has 7 rings (SSSR count). The molecule has 2 aliphatic rings. The highest BCUT2D eigenvalue weighted by Crippen LogP contribution is 2.38. The van der Waals surface area contributed by atoms with Crippen LogP contribution in [0.2, 0.25) is 10.0 Å². The van der Waals surface area contributed by atoms with Crippen molar-refractivity contribution < 1.29 is 4.39 Å². The molecule has 0 bridgehead atoms. The first-order valence-corrected chi connectivity index (χ1v) is 16.8. The van der Waals surface area contributed by atoms with Crippen LogP contribution in [0.15, 0.2) is 60.9 Å². The monoisotopic (exact) mass is 683 g/mol. The van der Waals surface area contributed by atoms with Crippen LogP contribution >= 0.6 is 23.2 Å². The number of pyridine rings is 1. The van der Waals surface area contributed by atoms with Crippen molar-refractivity contribution in [2.45, 2.75) is 64.3 Å². The summed E-state index contributed by atoms with van der Waals surface area (Å²) in [4.78, 5) is 7.02. The standard InChI is InChI=1S/C36H36Cl2FN9/c1-36(2,3)47-11-9-25(10-12-47)48-20-32(45-46-48)35(26-6-4-5-21-17-41-19-28(21)26)44-24-13-27-33(43-23-7-8-31(39)29(37)14-23)22(16-40)18-42-34(27)30(38)15-24/h4-8,13-15,18,20,25,35,41,44H,9-12,17,19H2,1-3H3,(H,42,43)/t35-/m0/s1. The Hall–Kier alpha value is -4.27. The van der Waals surface area contributed by atoms with E-state index < -0.39 is 5.82 Å². The molecule has 0 aliphatic carbocycles. The van der Waals surface area contributed by atoms with Gasteiger partial charge in [0.2, 0.25) is 0 Å². The van der Waals surface area contributed by atoms with Crippen LogP contribution in [0.4, 0.5) is 21.5 Å². The van der Waals surface area contributed by atoms with Gasteiger partial charge >= 0.3 is 0 Å². The fourth-order valence-electron chi connectivity index (χ4n) is 6.79. The number of hydrogen-bond acceptors (Lipinski definition) is 8. The minimum absolute atomic E-state index is 0.0298. The smallest absolute Gasteiger partial charge is 0.141 e.